The number of carbonyl (C=O) groups excluding carboxylic acids is 2. The van der Waals surface area contributed by atoms with Crippen LogP contribution in [0.1, 0.15) is 15.9 Å². The fraction of sp³-hybridized carbons (Fsp3) is 0.188. The SMILES string of the molecule is COc1cc(-c2ccc3c(c2)Nc2ccc(CC(=O)Nc4ccc(N5CCOCC5)cc4)cc2NC3=O)ccc1[N+](=O)[O-]. The van der Waals surface area contributed by atoms with E-state index in [2.05, 4.69) is 20.9 Å². The fourth-order valence-corrected chi connectivity index (χ4v) is 5.25. The number of hydrogen-bond acceptors (Lipinski definition) is 8. The zero-order valence-electron chi connectivity index (χ0n) is 23.4. The maximum absolute atomic E-state index is 13.1. The highest BCUT2D eigenvalue weighted by Gasteiger charge is 2.22. The summed E-state index contributed by atoms with van der Waals surface area (Å²) in [4.78, 5) is 39.0. The van der Waals surface area contributed by atoms with Gasteiger partial charge in [0, 0.05) is 30.5 Å². The summed E-state index contributed by atoms with van der Waals surface area (Å²) < 4.78 is 10.6. The van der Waals surface area contributed by atoms with Crippen molar-refractivity contribution in [3.05, 3.63) is 100 Å². The van der Waals surface area contributed by atoms with Crippen LogP contribution in [0.3, 0.4) is 0 Å². The molecule has 2 aliphatic rings. The fourth-order valence-electron chi connectivity index (χ4n) is 5.25. The minimum absolute atomic E-state index is 0.126. The van der Waals surface area contributed by atoms with E-state index in [1.807, 2.05) is 42.5 Å². The highest BCUT2D eigenvalue weighted by Crippen LogP contribution is 2.37. The van der Waals surface area contributed by atoms with Crippen LogP contribution < -0.4 is 25.6 Å². The highest BCUT2D eigenvalue weighted by atomic mass is 16.6. The number of nitro benzene ring substituents is 1. The normalized spacial score (nSPS) is 14.0. The van der Waals surface area contributed by atoms with E-state index >= 15 is 0 Å². The summed E-state index contributed by atoms with van der Waals surface area (Å²) in [7, 11) is 1.38. The molecule has 43 heavy (non-hydrogen) atoms. The van der Waals surface area contributed by atoms with Crippen LogP contribution in [-0.2, 0) is 16.0 Å². The van der Waals surface area contributed by atoms with Crippen molar-refractivity contribution in [2.75, 3.05) is 54.3 Å². The summed E-state index contributed by atoms with van der Waals surface area (Å²) in [6.45, 7) is 3.10. The summed E-state index contributed by atoms with van der Waals surface area (Å²) in [5.41, 5.74) is 6.13. The van der Waals surface area contributed by atoms with E-state index in [1.165, 1.54) is 13.2 Å². The lowest BCUT2D eigenvalue weighted by atomic mass is 10.0. The molecule has 11 heteroatoms. The molecule has 0 atom stereocenters. The van der Waals surface area contributed by atoms with Crippen LogP contribution in [0.2, 0.25) is 0 Å². The number of nitrogens with one attached hydrogen (secondary N) is 3. The first-order valence-corrected chi connectivity index (χ1v) is 13.8. The Morgan fingerprint density at radius 2 is 1.67 bits per heavy atom. The zero-order chi connectivity index (χ0) is 29.9. The average molecular weight is 580 g/mol. The Morgan fingerprint density at radius 1 is 0.930 bits per heavy atom. The third-order valence-corrected chi connectivity index (χ3v) is 7.47. The second kappa shape index (κ2) is 11.8. The number of amides is 2. The van der Waals surface area contributed by atoms with Gasteiger partial charge in [0.15, 0.2) is 5.75 Å². The van der Waals surface area contributed by atoms with Crippen molar-refractivity contribution >= 4 is 45.9 Å². The molecule has 2 heterocycles. The van der Waals surface area contributed by atoms with Crippen molar-refractivity contribution in [2.24, 2.45) is 0 Å². The van der Waals surface area contributed by atoms with Gasteiger partial charge in [0.2, 0.25) is 5.91 Å². The molecule has 1 saturated heterocycles. The Morgan fingerprint density at radius 3 is 2.42 bits per heavy atom. The van der Waals surface area contributed by atoms with Crippen LogP contribution >= 0.6 is 0 Å². The molecule has 218 valence electrons. The van der Waals surface area contributed by atoms with Crippen LogP contribution in [0.4, 0.5) is 34.1 Å². The molecule has 2 amide bonds. The molecule has 11 nitrogen and oxygen atoms in total. The number of nitro groups is 1. The molecular formula is C32H29N5O6. The van der Waals surface area contributed by atoms with Crippen molar-refractivity contribution in [2.45, 2.75) is 6.42 Å². The molecule has 0 saturated carbocycles. The van der Waals surface area contributed by atoms with Crippen LogP contribution in [-0.4, -0.2) is 50.2 Å². The van der Waals surface area contributed by atoms with Gasteiger partial charge in [-0.25, -0.2) is 0 Å². The molecule has 2 aliphatic heterocycles. The Kier molecular flexibility index (Phi) is 7.63. The molecule has 3 N–H and O–H groups in total. The van der Waals surface area contributed by atoms with Crippen molar-refractivity contribution in [1.82, 2.24) is 0 Å². The number of fused-ring (bicyclic) bond motifs is 2. The minimum Gasteiger partial charge on any atom is -0.490 e. The summed E-state index contributed by atoms with van der Waals surface area (Å²) in [5.74, 6) is -0.315. The lowest BCUT2D eigenvalue weighted by Crippen LogP contribution is -2.36. The van der Waals surface area contributed by atoms with Gasteiger partial charge in [-0.15, -0.1) is 0 Å². The van der Waals surface area contributed by atoms with E-state index in [9.17, 15) is 19.7 Å². The summed E-state index contributed by atoms with van der Waals surface area (Å²) in [5, 5.41) is 20.5. The van der Waals surface area contributed by atoms with Crippen LogP contribution in [0, 0.1) is 10.1 Å². The molecule has 0 unspecified atom stereocenters. The van der Waals surface area contributed by atoms with E-state index in [0.717, 1.165) is 29.9 Å². The Labute approximate surface area is 247 Å². The van der Waals surface area contributed by atoms with Crippen molar-refractivity contribution in [3.8, 4) is 16.9 Å². The molecule has 1 fully saturated rings. The number of benzene rings is 4. The minimum atomic E-state index is -0.496. The third-order valence-electron chi connectivity index (χ3n) is 7.47. The monoisotopic (exact) mass is 579 g/mol. The van der Waals surface area contributed by atoms with E-state index in [0.29, 0.717) is 47.1 Å². The van der Waals surface area contributed by atoms with E-state index in [1.54, 1.807) is 30.3 Å². The van der Waals surface area contributed by atoms with Gasteiger partial charge in [0.1, 0.15) is 0 Å². The summed E-state index contributed by atoms with van der Waals surface area (Å²) in [6, 6.07) is 23.1. The Balaban J connectivity index is 1.16. The van der Waals surface area contributed by atoms with Gasteiger partial charge in [-0.05, 0) is 77.4 Å². The van der Waals surface area contributed by atoms with Gasteiger partial charge in [-0.3, -0.25) is 19.7 Å². The van der Waals surface area contributed by atoms with Gasteiger partial charge in [-0.1, -0.05) is 12.1 Å². The van der Waals surface area contributed by atoms with Crippen molar-refractivity contribution in [3.63, 3.8) is 0 Å². The number of ether oxygens (including phenoxy) is 2. The second-order valence-corrected chi connectivity index (χ2v) is 10.2. The van der Waals surface area contributed by atoms with Gasteiger partial charge in [-0.2, -0.15) is 0 Å². The predicted molar refractivity (Wildman–Crippen MR) is 165 cm³/mol. The Bertz CT molecular complexity index is 1720. The van der Waals surface area contributed by atoms with Gasteiger partial charge >= 0.3 is 5.69 Å². The average Bonchev–Trinajstić information content (AvgIpc) is 3.16. The number of anilines is 5. The quantitative estimate of drug-likeness (QED) is 0.190. The van der Waals surface area contributed by atoms with Gasteiger partial charge in [0.05, 0.1) is 54.3 Å². The first-order valence-electron chi connectivity index (χ1n) is 13.8. The van der Waals surface area contributed by atoms with E-state index in [4.69, 9.17) is 9.47 Å². The van der Waals surface area contributed by atoms with Crippen LogP contribution in [0.25, 0.3) is 11.1 Å². The van der Waals surface area contributed by atoms with Crippen LogP contribution in [0.15, 0.2) is 78.9 Å². The standard InChI is InChI=1S/C32H29N5O6/c1-42-30-19-22(4-11-29(30)37(40)41)21-3-9-25-27(18-21)34-26-10-2-20(16-28(26)35-32(25)39)17-31(38)33-23-5-7-24(8-6-23)36-12-14-43-15-13-36/h2-11,16,18-19,34H,12-15,17H2,1H3,(H,33,38)(H,35,39). The second-order valence-electron chi connectivity index (χ2n) is 10.2. The smallest absolute Gasteiger partial charge is 0.310 e. The van der Waals surface area contributed by atoms with E-state index < -0.39 is 4.92 Å². The maximum Gasteiger partial charge on any atom is 0.310 e. The number of morpholine rings is 1. The third kappa shape index (κ3) is 5.97. The summed E-state index contributed by atoms with van der Waals surface area (Å²) in [6.07, 6.45) is 0.132. The number of carbonyl (C=O) groups is 2. The highest BCUT2D eigenvalue weighted by molar-refractivity contribution is 6.12. The predicted octanol–water partition coefficient (Wildman–Crippen LogP) is 5.60. The molecular weight excluding hydrogens is 550 g/mol. The number of nitrogens with zero attached hydrogens (tertiary/aromatic N) is 2. The maximum atomic E-state index is 13.1. The molecule has 0 aromatic heterocycles. The molecule has 4 aromatic rings. The molecule has 0 spiro atoms. The first-order chi connectivity index (χ1) is 20.9. The van der Waals surface area contributed by atoms with E-state index in [-0.39, 0.29) is 29.7 Å². The molecule has 0 bridgehead atoms. The lowest BCUT2D eigenvalue weighted by molar-refractivity contribution is -0.385. The van der Waals surface area contributed by atoms with Gasteiger partial charge in [0.25, 0.3) is 5.91 Å². The number of rotatable bonds is 7. The molecule has 6 rings (SSSR count). The molecule has 0 radical (unpaired) electrons. The van der Waals surface area contributed by atoms with Crippen molar-refractivity contribution in [1.29, 1.82) is 0 Å². The largest absolute Gasteiger partial charge is 0.490 e. The van der Waals surface area contributed by atoms with Crippen LogP contribution in [0.5, 0.6) is 5.75 Å². The topological polar surface area (TPSA) is 135 Å². The first kappa shape index (κ1) is 27.7. The Hall–Kier alpha value is -5.42. The summed E-state index contributed by atoms with van der Waals surface area (Å²) >= 11 is 0. The van der Waals surface area contributed by atoms with Crippen molar-refractivity contribution < 1.29 is 24.0 Å². The zero-order valence-corrected chi connectivity index (χ0v) is 23.4. The number of methoxy groups -OCH3 is 1. The molecule has 4 aromatic carbocycles. The van der Waals surface area contributed by atoms with Gasteiger partial charge < -0.3 is 30.3 Å². The molecule has 0 aliphatic carbocycles. The number of hydrogen-bond donors (Lipinski definition) is 3. The lowest BCUT2D eigenvalue weighted by Gasteiger charge is -2.28.